The number of rotatable bonds is 2. The standard InChI is InChI=1S/C18H15NO2/c1-11-17(13-7-3-4-8-14(13)19-11)18(20)16-10-12-6-2-5-9-15(12)21-16/h2-9,16,19H,10H2,1H3. The van der Waals surface area contributed by atoms with Gasteiger partial charge in [0.25, 0.3) is 0 Å². The monoisotopic (exact) mass is 277 g/mol. The van der Waals surface area contributed by atoms with Crippen molar-refractivity contribution in [2.45, 2.75) is 19.4 Å². The highest BCUT2D eigenvalue weighted by molar-refractivity contribution is 6.11. The Balaban J connectivity index is 1.74. The summed E-state index contributed by atoms with van der Waals surface area (Å²) in [5, 5.41) is 0.972. The molecule has 0 bridgehead atoms. The summed E-state index contributed by atoms with van der Waals surface area (Å²) in [6.07, 6.45) is 0.230. The Bertz CT molecular complexity index is 822. The largest absolute Gasteiger partial charge is 0.482 e. The number of Topliss-reactive ketones (excluding diaryl/α,β-unsaturated/α-hetero) is 1. The van der Waals surface area contributed by atoms with E-state index in [9.17, 15) is 4.79 Å². The van der Waals surface area contributed by atoms with Gasteiger partial charge in [0.2, 0.25) is 5.78 Å². The maximum atomic E-state index is 12.9. The van der Waals surface area contributed by atoms with Crippen LogP contribution < -0.4 is 4.74 Å². The Labute approximate surface area is 122 Å². The molecule has 104 valence electrons. The van der Waals surface area contributed by atoms with Crippen molar-refractivity contribution in [3.63, 3.8) is 0 Å². The van der Waals surface area contributed by atoms with Crippen LogP contribution in [0.3, 0.4) is 0 Å². The Kier molecular flexibility index (Phi) is 2.61. The number of hydrogen-bond donors (Lipinski definition) is 1. The summed E-state index contributed by atoms with van der Waals surface area (Å²) in [4.78, 5) is 16.1. The Morgan fingerprint density at radius 3 is 2.76 bits per heavy atom. The lowest BCUT2D eigenvalue weighted by molar-refractivity contribution is 0.0826. The molecule has 0 aliphatic carbocycles. The number of fused-ring (bicyclic) bond motifs is 2. The van der Waals surface area contributed by atoms with Crippen LogP contribution >= 0.6 is 0 Å². The lowest BCUT2D eigenvalue weighted by Crippen LogP contribution is -2.25. The van der Waals surface area contributed by atoms with Crippen LogP contribution in [0.5, 0.6) is 5.75 Å². The molecule has 3 nitrogen and oxygen atoms in total. The van der Waals surface area contributed by atoms with Gasteiger partial charge in [-0.15, -0.1) is 0 Å². The molecule has 1 aromatic heterocycles. The number of H-pyrrole nitrogens is 1. The summed E-state index contributed by atoms with van der Waals surface area (Å²) in [6, 6.07) is 15.7. The average Bonchev–Trinajstić information content (AvgIpc) is 3.06. The van der Waals surface area contributed by atoms with Crippen molar-refractivity contribution in [2.24, 2.45) is 0 Å². The predicted molar refractivity (Wildman–Crippen MR) is 81.9 cm³/mol. The summed E-state index contributed by atoms with van der Waals surface area (Å²) in [7, 11) is 0. The van der Waals surface area contributed by atoms with Crippen LogP contribution in [0.1, 0.15) is 21.6 Å². The molecule has 1 unspecified atom stereocenters. The van der Waals surface area contributed by atoms with E-state index in [2.05, 4.69) is 4.98 Å². The van der Waals surface area contributed by atoms with Crippen LogP contribution in [0.15, 0.2) is 48.5 Å². The van der Waals surface area contributed by atoms with Gasteiger partial charge in [-0.05, 0) is 24.6 Å². The third kappa shape index (κ3) is 1.85. The van der Waals surface area contributed by atoms with Crippen molar-refractivity contribution < 1.29 is 9.53 Å². The smallest absolute Gasteiger partial charge is 0.206 e. The van der Waals surface area contributed by atoms with Gasteiger partial charge in [-0.25, -0.2) is 0 Å². The minimum atomic E-state index is -0.416. The number of para-hydroxylation sites is 2. The first-order valence-corrected chi connectivity index (χ1v) is 7.10. The van der Waals surface area contributed by atoms with Crippen molar-refractivity contribution in [1.29, 1.82) is 0 Å². The number of aromatic amines is 1. The second-order valence-corrected chi connectivity index (χ2v) is 5.45. The van der Waals surface area contributed by atoms with Crippen molar-refractivity contribution in [1.82, 2.24) is 4.98 Å². The van der Waals surface area contributed by atoms with Crippen molar-refractivity contribution in [2.75, 3.05) is 0 Å². The molecule has 2 heterocycles. The summed E-state index contributed by atoms with van der Waals surface area (Å²) in [6.45, 7) is 1.94. The fourth-order valence-corrected chi connectivity index (χ4v) is 3.08. The molecule has 1 aliphatic heterocycles. The molecule has 0 saturated carbocycles. The zero-order valence-electron chi connectivity index (χ0n) is 11.7. The van der Waals surface area contributed by atoms with E-state index in [0.29, 0.717) is 6.42 Å². The van der Waals surface area contributed by atoms with Crippen LogP contribution in [0.4, 0.5) is 0 Å². The number of aryl methyl sites for hydroxylation is 1. The van der Waals surface area contributed by atoms with E-state index in [4.69, 9.17) is 4.74 Å². The maximum absolute atomic E-state index is 12.9. The fourth-order valence-electron chi connectivity index (χ4n) is 3.08. The number of ketones is 1. The minimum Gasteiger partial charge on any atom is -0.482 e. The van der Waals surface area contributed by atoms with E-state index in [0.717, 1.165) is 33.5 Å². The first kappa shape index (κ1) is 12.2. The van der Waals surface area contributed by atoms with Crippen LogP contribution in [0, 0.1) is 6.92 Å². The van der Waals surface area contributed by atoms with Gasteiger partial charge in [-0.1, -0.05) is 36.4 Å². The van der Waals surface area contributed by atoms with Crippen LogP contribution in [0.2, 0.25) is 0 Å². The molecular formula is C18H15NO2. The second kappa shape index (κ2) is 4.48. The predicted octanol–water partition coefficient (Wildman–Crippen LogP) is 3.66. The van der Waals surface area contributed by atoms with E-state index in [1.165, 1.54) is 0 Å². The van der Waals surface area contributed by atoms with Gasteiger partial charge < -0.3 is 9.72 Å². The van der Waals surface area contributed by atoms with Crippen molar-refractivity contribution >= 4 is 16.7 Å². The highest BCUT2D eigenvalue weighted by Crippen LogP contribution is 2.32. The normalized spacial score (nSPS) is 16.7. The number of nitrogens with one attached hydrogen (secondary N) is 1. The minimum absolute atomic E-state index is 0.0566. The third-order valence-corrected chi connectivity index (χ3v) is 4.08. The molecule has 1 atom stereocenters. The molecule has 0 spiro atoms. The van der Waals surface area contributed by atoms with Gasteiger partial charge >= 0.3 is 0 Å². The van der Waals surface area contributed by atoms with Gasteiger partial charge in [0.15, 0.2) is 6.10 Å². The average molecular weight is 277 g/mol. The summed E-state index contributed by atoms with van der Waals surface area (Å²) in [5.41, 5.74) is 3.76. The van der Waals surface area contributed by atoms with Crippen LogP contribution in [0.25, 0.3) is 10.9 Å². The number of aromatic nitrogens is 1. The number of hydrogen-bond acceptors (Lipinski definition) is 2. The molecule has 1 aliphatic rings. The number of ether oxygens (including phenoxy) is 1. The molecule has 0 saturated heterocycles. The fraction of sp³-hybridized carbons (Fsp3) is 0.167. The second-order valence-electron chi connectivity index (χ2n) is 5.45. The number of carbonyl (C=O) groups is 1. The first-order chi connectivity index (χ1) is 10.2. The number of benzene rings is 2. The molecule has 1 N–H and O–H groups in total. The zero-order valence-corrected chi connectivity index (χ0v) is 11.7. The highest BCUT2D eigenvalue weighted by Gasteiger charge is 2.31. The molecule has 0 radical (unpaired) electrons. The van der Waals surface area contributed by atoms with Gasteiger partial charge in [0.05, 0.1) is 0 Å². The molecule has 3 aromatic rings. The Morgan fingerprint density at radius 1 is 1.14 bits per heavy atom. The van der Waals surface area contributed by atoms with Gasteiger partial charge in [0, 0.05) is 28.6 Å². The van der Waals surface area contributed by atoms with Crippen LogP contribution in [-0.2, 0) is 6.42 Å². The molecule has 3 heteroatoms. The van der Waals surface area contributed by atoms with Gasteiger partial charge in [-0.2, -0.15) is 0 Å². The van der Waals surface area contributed by atoms with E-state index in [-0.39, 0.29) is 5.78 Å². The Hall–Kier alpha value is -2.55. The third-order valence-electron chi connectivity index (χ3n) is 4.08. The molecule has 4 rings (SSSR count). The lowest BCUT2D eigenvalue weighted by atomic mass is 9.99. The van der Waals surface area contributed by atoms with Gasteiger partial charge in [0.1, 0.15) is 5.75 Å². The summed E-state index contributed by atoms with van der Waals surface area (Å²) >= 11 is 0. The molecule has 0 amide bonds. The van der Waals surface area contributed by atoms with Crippen LogP contribution in [-0.4, -0.2) is 16.9 Å². The zero-order chi connectivity index (χ0) is 14.4. The molecular weight excluding hydrogens is 262 g/mol. The molecule has 0 fully saturated rings. The van der Waals surface area contributed by atoms with Gasteiger partial charge in [-0.3, -0.25) is 4.79 Å². The van der Waals surface area contributed by atoms with Crippen molar-refractivity contribution in [3.8, 4) is 5.75 Å². The number of carbonyl (C=O) groups excluding carboxylic acids is 1. The quantitative estimate of drug-likeness (QED) is 0.726. The topological polar surface area (TPSA) is 42.1 Å². The SMILES string of the molecule is Cc1[nH]c2ccccc2c1C(=O)C1Cc2ccccc2O1. The maximum Gasteiger partial charge on any atom is 0.206 e. The van der Waals surface area contributed by atoms with E-state index in [1.54, 1.807) is 0 Å². The first-order valence-electron chi connectivity index (χ1n) is 7.10. The summed E-state index contributed by atoms with van der Waals surface area (Å²) < 4.78 is 5.83. The van der Waals surface area contributed by atoms with E-state index < -0.39 is 6.10 Å². The van der Waals surface area contributed by atoms with E-state index >= 15 is 0 Å². The van der Waals surface area contributed by atoms with Crippen molar-refractivity contribution in [3.05, 3.63) is 65.4 Å². The molecule has 2 aromatic carbocycles. The van der Waals surface area contributed by atoms with E-state index in [1.807, 2.05) is 55.5 Å². The highest BCUT2D eigenvalue weighted by atomic mass is 16.5. The lowest BCUT2D eigenvalue weighted by Gasteiger charge is -2.09. The summed E-state index contributed by atoms with van der Waals surface area (Å²) in [5.74, 6) is 0.884. The Morgan fingerprint density at radius 2 is 1.90 bits per heavy atom. The molecule has 21 heavy (non-hydrogen) atoms.